The maximum absolute atomic E-state index is 9.35. The third-order valence-electron chi connectivity index (χ3n) is 3.01. The molecular weight excluding hydrogens is 248 g/mol. The van der Waals surface area contributed by atoms with Crippen molar-refractivity contribution < 1.29 is 0 Å². The number of nitrogens with zero attached hydrogens (tertiary/aromatic N) is 2. The van der Waals surface area contributed by atoms with E-state index in [9.17, 15) is 5.26 Å². The van der Waals surface area contributed by atoms with Crippen LogP contribution in [0, 0.1) is 11.3 Å². The number of anilines is 1. The van der Waals surface area contributed by atoms with Crippen molar-refractivity contribution in [2.45, 2.75) is 17.9 Å². The monoisotopic (exact) mass is 264 g/mol. The van der Waals surface area contributed by atoms with Crippen LogP contribution in [0.25, 0.3) is 0 Å². The van der Waals surface area contributed by atoms with Gasteiger partial charge < -0.3 is 4.90 Å². The van der Waals surface area contributed by atoms with Crippen molar-refractivity contribution in [2.75, 3.05) is 29.2 Å². The molecule has 17 heavy (non-hydrogen) atoms. The number of thioether (sulfide) groups is 2. The van der Waals surface area contributed by atoms with Crippen molar-refractivity contribution in [1.82, 2.24) is 0 Å². The van der Waals surface area contributed by atoms with Gasteiger partial charge in [-0.25, -0.2) is 0 Å². The lowest BCUT2D eigenvalue weighted by atomic mass is 10.1. The van der Waals surface area contributed by atoms with Crippen molar-refractivity contribution in [2.24, 2.45) is 0 Å². The summed E-state index contributed by atoms with van der Waals surface area (Å²) in [5.74, 6) is 2.30. The Morgan fingerprint density at radius 2 is 2.35 bits per heavy atom. The number of benzene rings is 1. The van der Waals surface area contributed by atoms with Gasteiger partial charge in [0.15, 0.2) is 0 Å². The predicted octanol–water partition coefficient (Wildman–Crippen LogP) is 3.22. The van der Waals surface area contributed by atoms with Crippen LogP contribution in [0.3, 0.4) is 0 Å². The summed E-state index contributed by atoms with van der Waals surface area (Å²) < 4.78 is 0. The molecule has 0 spiro atoms. The zero-order chi connectivity index (χ0) is 12.3. The Balaban J connectivity index is 2.40. The lowest BCUT2D eigenvalue weighted by Gasteiger charge is -2.35. The van der Waals surface area contributed by atoms with Crippen LogP contribution in [0.2, 0.25) is 0 Å². The number of rotatable bonds is 2. The molecule has 0 N–H and O–H groups in total. The normalized spacial score (nSPS) is 20.1. The Kier molecular flexibility index (Phi) is 4.25. The van der Waals surface area contributed by atoms with Crippen LogP contribution in [0.1, 0.15) is 12.5 Å². The molecule has 1 aliphatic heterocycles. The van der Waals surface area contributed by atoms with Crippen LogP contribution >= 0.6 is 23.5 Å². The largest absolute Gasteiger partial charge is 0.366 e. The van der Waals surface area contributed by atoms with Crippen molar-refractivity contribution >= 4 is 29.2 Å². The van der Waals surface area contributed by atoms with Crippen LogP contribution in [0.5, 0.6) is 0 Å². The highest BCUT2D eigenvalue weighted by molar-refractivity contribution is 7.99. The van der Waals surface area contributed by atoms with E-state index in [4.69, 9.17) is 0 Å². The van der Waals surface area contributed by atoms with Gasteiger partial charge in [-0.15, -0.1) is 11.8 Å². The van der Waals surface area contributed by atoms with Gasteiger partial charge >= 0.3 is 0 Å². The van der Waals surface area contributed by atoms with Gasteiger partial charge in [-0.05, 0) is 25.3 Å². The first kappa shape index (κ1) is 12.7. The SMILES string of the molecule is CSc1cccc(N2CCSCC2C)c1C#N. The van der Waals surface area contributed by atoms with Crippen LogP contribution in [0.4, 0.5) is 5.69 Å². The summed E-state index contributed by atoms with van der Waals surface area (Å²) in [6, 6.07) is 9.03. The maximum atomic E-state index is 9.35. The topological polar surface area (TPSA) is 27.0 Å². The standard InChI is InChI=1S/C13H16N2S2/c1-10-9-17-7-6-15(10)12-4-3-5-13(16-2)11(12)8-14/h3-5,10H,6-7,9H2,1-2H3. The van der Waals surface area contributed by atoms with Gasteiger partial charge in [0.05, 0.1) is 11.3 Å². The summed E-state index contributed by atoms with van der Waals surface area (Å²) in [6.07, 6.45) is 2.02. The molecule has 4 heteroatoms. The average Bonchev–Trinajstić information content (AvgIpc) is 2.38. The van der Waals surface area contributed by atoms with E-state index in [0.717, 1.165) is 34.2 Å². The average molecular weight is 264 g/mol. The molecule has 2 nitrogen and oxygen atoms in total. The first-order valence-corrected chi connectivity index (χ1v) is 8.07. The number of hydrogen-bond donors (Lipinski definition) is 0. The molecule has 1 aromatic carbocycles. The molecule has 0 bridgehead atoms. The quantitative estimate of drug-likeness (QED) is 0.766. The third kappa shape index (κ3) is 2.56. The van der Waals surface area contributed by atoms with E-state index >= 15 is 0 Å². The van der Waals surface area contributed by atoms with Crippen molar-refractivity contribution in [3.8, 4) is 6.07 Å². The van der Waals surface area contributed by atoms with Crippen LogP contribution < -0.4 is 4.90 Å². The van der Waals surface area contributed by atoms with Gasteiger partial charge in [0.1, 0.15) is 6.07 Å². The Hall–Kier alpha value is -0.790. The van der Waals surface area contributed by atoms with E-state index in [1.807, 2.05) is 24.1 Å². The predicted molar refractivity (Wildman–Crippen MR) is 77.1 cm³/mol. The summed E-state index contributed by atoms with van der Waals surface area (Å²) >= 11 is 3.64. The molecule has 1 unspecified atom stereocenters. The highest BCUT2D eigenvalue weighted by atomic mass is 32.2. The number of hydrogen-bond acceptors (Lipinski definition) is 4. The Bertz CT molecular complexity index is 440. The zero-order valence-electron chi connectivity index (χ0n) is 10.1. The van der Waals surface area contributed by atoms with E-state index in [1.165, 1.54) is 0 Å². The van der Waals surface area contributed by atoms with E-state index in [-0.39, 0.29) is 0 Å². The zero-order valence-corrected chi connectivity index (χ0v) is 11.8. The van der Waals surface area contributed by atoms with Gasteiger partial charge in [-0.1, -0.05) is 6.07 Å². The summed E-state index contributed by atoms with van der Waals surface area (Å²) in [6.45, 7) is 3.28. The number of nitriles is 1. The fourth-order valence-electron chi connectivity index (χ4n) is 2.13. The van der Waals surface area contributed by atoms with Gasteiger partial charge in [0.2, 0.25) is 0 Å². The van der Waals surface area contributed by atoms with Crippen molar-refractivity contribution in [3.63, 3.8) is 0 Å². The third-order valence-corrected chi connectivity index (χ3v) is 4.98. The van der Waals surface area contributed by atoms with Crippen LogP contribution in [-0.4, -0.2) is 30.3 Å². The molecule has 90 valence electrons. The molecule has 0 aliphatic carbocycles. The lowest BCUT2D eigenvalue weighted by Crippen LogP contribution is -2.40. The van der Waals surface area contributed by atoms with Gasteiger partial charge in [-0.3, -0.25) is 0 Å². The molecule has 1 atom stereocenters. The summed E-state index contributed by atoms with van der Waals surface area (Å²) in [7, 11) is 0. The fourth-order valence-corrected chi connectivity index (χ4v) is 3.71. The molecule has 1 aromatic rings. The molecule has 0 saturated carbocycles. The fraction of sp³-hybridized carbons (Fsp3) is 0.462. The summed E-state index contributed by atoms with van der Waals surface area (Å²) in [5, 5.41) is 9.35. The maximum Gasteiger partial charge on any atom is 0.103 e. The summed E-state index contributed by atoms with van der Waals surface area (Å²) in [5.41, 5.74) is 1.94. The second-order valence-electron chi connectivity index (χ2n) is 4.08. The molecular formula is C13H16N2S2. The Labute approximate surface area is 111 Å². The van der Waals surface area contributed by atoms with Crippen LogP contribution in [0.15, 0.2) is 23.1 Å². The highest BCUT2D eigenvalue weighted by Gasteiger charge is 2.22. The van der Waals surface area contributed by atoms with Gasteiger partial charge in [-0.2, -0.15) is 17.0 Å². The minimum atomic E-state index is 0.512. The van der Waals surface area contributed by atoms with Crippen molar-refractivity contribution in [3.05, 3.63) is 23.8 Å². The van der Waals surface area contributed by atoms with Crippen LogP contribution in [-0.2, 0) is 0 Å². The lowest BCUT2D eigenvalue weighted by molar-refractivity contribution is 0.698. The molecule has 0 radical (unpaired) electrons. The molecule has 0 aromatic heterocycles. The Morgan fingerprint density at radius 3 is 3.00 bits per heavy atom. The molecule has 2 rings (SSSR count). The van der Waals surface area contributed by atoms with Gasteiger partial charge in [0.25, 0.3) is 0 Å². The Morgan fingerprint density at radius 1 is 1.53 bits per heavy atom. The minimum Gasteiger partial charge on any atom is -0.366 e. The van der Waals surface area contributed by atoms with Gasteiger partial charge in [0, 0.05) is 29.0 Å². The first-order valence-electron chi connectivity index (χ1n) is 5.69. The van der Waals surface area contributed by atoms with E-state index < -0.39 is 0 Å². The molecule has 1 heterocycles. The second-order valence-corrected chi connectivity index (χ2v) is 6.08. The second kappa shape index (κ2) is 5.70. The van der Waals surface area contributed by atoms with Crippen molar-refractivity contribution in [1.29, 1.82) is 5.26 Å². The highest BCUT2D eigenvalue weighted by Crippen LogP contribution is 2.32. The minimum absolute atomic E-state index is 0.512. The molecule has 0 amide bonds. The summed E-state index contributed by atoms with van der Waals surface area (Å²) in [4.78, 5) is 3.45. The first-order chi connectivity index (χ1) is 8.27. The molecule has 1 fully saturated rings. The van der Waals surface area contributed by atoms with E-state index in [0.29, 0.717) is 6.04 Å². The molecule has 1 aliphatic rings. The molecule has 1 saturated heterocycles. The van der Waals surface area contributed by atoms with E-state index in [1.54, 1.807) is 11.8 Å². The smallest absolute Gasteiger partial charge is 0.103 e. The van der Waals surface area contributed by atoms with E-state index in [2.05, 4.69) is 30.0 Å².